The predicted molar refractivity (Wildman–Crippen MR) is 128 cm³/mol. The van der Waals surface area contributed by atoms with Gasteiger partial charge in [-0.05, 0) is 48.6 Å². The van der Waals surface area contributed by atoms with Crippen molar-refractivity contribution < 1.29 is 13.9 Å². The second-order valence-corrected chi connectivity index (χ2v) is 9.16. The van der Waals surface area contributed by atoms with Crippen LogP contribution in [0.25, 0.3) is 0 Å². The number of nitrogens with zero attached hydrogens (tertiary/aromatic N) is 2. The molecule has 3 aromatic rings. The van der Waals surface area contributed by atoms with Crippen LogP contribution in [0.15, 0.2) is 46.0 Å². The highest BCUT2D eigenvalue weighted by Crippen LogP contribution is 2.38. The van der Waals surface area contributed by atoms with Gasteiger partial charge in [-0.1, -0.05) is 49.3 Å². The molecule has 32 heavy (non-hydrogen) atoms. The lowest BCUT2D eigenvalue weighted by molar-refractivity contribution is 0.257. The van der Waals surface area contributed by atoms with Gasteiger partial charge in [0.05, 0.1) is 22.2 Å². The van der Waals surface area contributed by atoms with E-state index < -0.39 is 5.41 Å². The first-order valence-electron chi connectivity index (χ1n) is 9.96. The molecule has 0 saturated carbocycles. The Bertz CT molecular complexity index is 1120. The van der Waals surface area contributed by atoms with Gasteiger partial charge in [-0.2, -0.15) is 5.26 Å². The van der Waals surface area contributed by atoms with Crippen LogP contribution in [0.5, 0.6) is 11.5 Å². The van der Waals surface area contributed by atoms with Crippen molar-refractivity contribution in [3.8, 4) is 17.6 Å². The van der Waals surface area contributed by atoms with Gasteiger partial charge in [-0.15, -0.1) is 11.6 Å². The summed E-state index contributed by atoms with van der Waals surface area (Å²) < 4.78 is 17.1. The fourth-order valence-corrected chi connectivity index (χ4v) is 3.99. The number of halogens is 2. The highest BCUT2D eigenvalue weighted by Gasteiger charge is 2.26. The Morgan fingerprint density at radius 1 is 1.16 bits per heavy atom. The summed E-state index contributed by atoms with van der Waals surface area (Å²) in [6, 6.07) is 13.7. The molecule has 0 aliphatic rings. The topological polar surface area (TPSA) is 68.3 Å². The number of ether oxygens (including phenoxy) is 2. The van der Waals surface area contributed by atoms with Gasteiger partial charge in [-0.3, -0.25) is 0 Å². The summed E-state index contributed by atoms with van der Waals surface area (Å²) in [5, 5.41) is 10.6. The summed E-state index contributed by atoms with van der Waals surface area (Å²) >= 11 is 13.6. The van der Waals surface area contributed by atoms with E-state index in [2.05, 4.69) is 24.9 Å². The van der Waals surface area contributed by atoms with Crippen molar-refractivity contribution in [1.82, 2.24) is 4.98 Å². The fourth-order valence-electron chi connectivity index (χ4n) is 3.23. The number of alkyl halides is 1. The molecule has 0 radical (unpaired) electrons. The van der Waals surface area contributed by atoms with Gasteiger partial charge in [0.15, 0.2) is 11.5 Å². The molecule has 0 spiro atoms. The fraction of sp³-hybridized carbons (Fsp3) is 0.333. The lowest BCUT2D eigenvalue weighted by atomic mass is 9.77. The molecule has 0 atom stereocenters. The lowest BCUT2D eigenvalue weighted by Gasteiger charge is -2.27. The zero-order chi connectivity index (χ0) is 23.3. The third kappa shape index (κ3) is 5.35. The van der Waals surface area contributed by atoms with E-state index in [4.69, 9.17) is 37.1 Å². The second kappa shape index (κ2) is 10.5. The first-order chi connectivity index (χ1) is 15.3. The van der Waals surface area contributed by atoms with Crippen LogP contribution in [-0.4, -0.2) is 23.7 Å². The van der Waals surface area contributed by atoms with Crippen LogP contribution in [0.4, 0.5) is 0 Å². The lowest BCUT2D eigenvalue weighted by Crippen LogP contribution is -2.19. The van der Waals surface area contributed by atoms with Crippen molar-refractivity contribution in [1.29, 1.82) is 5.26 Å². The largest absolute Gasteiger partial charge is 0.489 e. The van der Waals surface area contributed by atoms with E-state index >= 15 is 0 Å². The Kier molecular flexibility index (Phi) is 8.00. The van der Waals surface area contributed by atoms with E-state index in [1.54, 1.807) is 0 Å². The average molecular weight is 491 g/mol. The van der Waals surface area contributed by atoms with Crippen LogP contribution in [0.3, 0.4) is 0 Å². The maximum absolute atomic E-state index is 9.58. The summed E-state index contributed by atoms with van der Waals surface area (Å²) in [7, 11) is 0. The van der Waals surface area contributed by atoms with Gasteiger partial charge in [-0.25, -0.2) is 4.98 Å². The minimum atomic E-state index is -0.395. The normalized spacial score (nSPS) is 11.3. The van der Waals surface area contributed by atoms with E-state index in [1.807, 2.05) is 49.6 Å². The molecular weight excluding hydrogens is 467 g/mol. The zero-order valence-corrected chi connectivity index (χ0v) is 20.7. The Labute approximate surface area is 202 Å². The molecule has 0 unspecified atom stereocenters. The van der Waals surface area contributed by atoms with Crippen molar-refractivity contribution in [3.63, 3.8) is 0 Å². The second-order valence-electron chi connectivity index (χ2n) is 7.61. The molecule has 0 aliphatic heterocycles. The maximum Gasteiger partial charge on any atom is 0.255 e. The zero-order valence-electron chi connectivity index (χ0n) is 18.4. The molecular formula is C24H24Cl2N2O3S. The van der Waals surface area contributed by atoms with Crippen molar-refractivity contribution in [2.24, 2.45) is 0 Å². The first kappa shape index (κ1) is 24.3. The molecule has 1 heterocycles. The molecule has 8 heteroatoms. The number of hydrogen-bond donors (Lipinski definition) is 0. The van der Waals surface area contributed by atoms with E-state index in [-0.39, 0.29) is 6.61 Å². The van der Waals surface area contributed by atoms with E-state index in [0.717, 1.165) is 22.6 Å². The molecule has 0 aliphatic carbocycles. The number of nitriles is 1. The molecule has 0 fully saturated rings. The van der Waals surface area contributed by atoms with Crippen molar-refractivity contribution >= 4 is 35.0 Å². The molecule has 0 saturated heterocycles. The quantitative estimate of drug-likeness (QED) is 0.244. The summed E-state index contributed by atoms with van der Waals surface area (Å²) in [5.41, 5.74) is 2.79. The van der Waals surface area contributed by atoms with Gasteiger partial charge in [0.25, 0.3) is 5.22 Å². The Hall–Kier alpha value is -2.33. The van der Waals surface area contributed by atoms with E-state index in [0.29, 0.717) is 39.8 Å². The Balaban J connectivity index is 1.79. The van der Waals surface area contributed by atoms with Crippen LogP contribution in [0, 0.1) is 18.3 Å². The molecule has 1 aromatic heterocycles. The average Bonchev–Trinajstić information content (AvgIpc) is 3.16. The first-order valence-corrected chi connectivity index (χ1v) is 12.1. The summed E-state index contributed by atoms with van der Waals surface area (Å²) in [4.78, 5) is 4.33. The van der Waals surface area contributed by atoms with Crippen molar-refractivity contribution in [3.05, 3.63) is 69.6 Å². The molecule has 3 rings (SSSR count). The standard InChI is InChI=1S/C24H24Cl2N2O3S/c1-15-21(31-23(28-15)32-4)14-30-19-7-5-17(6-8-19)24(2,3)18-11-16(13-27)22(20(26)12-18)29-10-9-25/h5-8,11-12H,9-10,14H2,1-4H3. The molecule has 5 nitrogen and oxygen atoms in total. The van der Waals surface area contributed by atoms with Crippen LogP contribution in [-0.2, 0) is 12.0 Å². The monoisotopic (exact) mass is 490 g/mol. The Morgan fingerprint density at radius 3 is 2.47 bits per heavy atom. The maximum atomic E-state index is 9.58. The van der Waals surface area contributed by atoms with Crippen molar-refractivity contribution in [2.45, 2.75) is 38.0 Å². The van der Waals surface area contributed by atoms with Gasteiger partial charge < -0.3 is 13.9 Å². The number of benzene rings is 2. The number of rotatable bonds is 9. The highest BCUT2D eigenvalue weighted by molar-refractivity contribution is 7.98. The van der Waals surface area contributed by atoms with Crippen LogP contribution in [0.1, 0.15) is 42.0 Å². The molecule has 0 N–H and O–H groups in total. The Morgan fingerprint density at radius 2 is 1.88 bits per heavy atom. The summed E-state index contributed by atoms with van der Waals surface area (Å²) in [6.45, 7) is 6.66. The number of aromatic nitrogens is 1. The minimum Gasteiger partial charge on any atom is -0.489 e. The van der Waals surface area contributed by atoms with Gasteiger partial charge in [0, 0.05) is 5.41 Å². The number of aryl methyl sites for hydroxylation is 1. The third-order valence-electron chi connectivity index (χ3n) is 5.20. The van der Waals surface area contributed by atoms with Crippen LogP contribution >= 0.6 is 35.0 Å². The van der Waals surface area contributed by atoms with Gasteiger partial charge >= 0.3 is 0 Å². The highest BCUT2D eigenvalue weighted by atomic mass is 35.5. The summed E-state index contributed by atoms with van der Waals surface area (Å²) in [6.07, 6.45) is 1.92. The molecule has 168 valence electrons. The number of hydrogen-bond acceptors (Lipinski definition) is 6. The van der Waals surface area contributed by atoms with Gasteiger partial charge in [0.1, 0.15) is 25.0 Å². The SMILES string of the molecule is CSc1nc(C)c(COc2ccc(C(C)(C)c3cc(Cl)c(OCCCl)c(C#N)c3)cc2)o1. The minimum absolute atomic E-state index is 0.284. The molecule has 2 aromatic carbocycles. The van der Waals surface area contributed by atoms with Crippen LogP contribution < -0.4 is 9.47 Å². The molecule has 0 amide bonds. The van der Waals surface area contributed by atoms with Crippen LogP contribution in [0.2, 0.25) is 5.02 Å². The smallest absolute Gasteiger partial charge is 0.255 e. The number of thioether (sulfide) groups is 1. The predicted octanol–water partition coefficient (Wildman–Crippen LogP) is 6.75. The molecule has 0 bridgehead atoms. The number of oxazole rings is 1. The summed E-state index contributed by atoms with van der Waals surface area (Å²) in [5.74, 6) is 2.13. The van der Waals surface area contributed by atoms with Gasteiger partial charge in [0.2, 0.25) is 0 Å². The third-order valence-corrected chi connectivity index (χ3v) is 6.16. The van der Waals surface area contributed by atoms with E-state index in [1.165, 1.54) is 11.8 Å². The van der Waals surface area contributed by atoms with E-state index in [9.17, 15) is 5.26 Å². The van der Waals surface area contributed by atoms with Crippen molar-refractivity contribution in [2.75, 3.05) is 18.7 Å².